The van der Waals surface area contributed by atoms with Gasteiger partial charge in [-0.25, -0.2) is 0 Å². The van der Waals surface area contributed by atoms with Gasteiger partial charge in [-0.1, -0.05) is 6.07 Å². The van der Waals surface area contributed by atoms with E-state index in [1.807, 2.05) is 0 Å². The van der Waals surface area contributed by atoms with Gasteiger partial charge in [-0.05, 0) is 26.0 Å². The van der Waals surface area contributed by atoms with E-state index < -0.39 is 4.92 Å². The van der Waals surface area contributed by atoms with E-state index in [2.05, 4.69) is 10.5 Å². The summed E-state index contributed by atoms with van der Waals surface area (Å²) in [4.78, 5) is 21.6. The Labute approximate surface area is 97.5 Å². The number of benzene rings is 1. The third-order valence-corrected chi connectivity index (χ3v) is 1.95. The number of anilines is 1. The molecule has 0 aliphatic carbocycles. The number of nitrogens with one attached hydrogen (secondary N) is 1. The molecule has 0 amide bonds. The van der Waals surface area contributed by atoms with Gasteiger partial charge in [0.1, 0.15) is 11.5 Å². The highest BCUT2D eigenvalue weighted by Gasteiger charge is 2.21. The summed E-state index contributed by atoms with van der Waals surface area (Å²) >= 11 is 0. The summed E-state index contributed by atoms with van der Waals surface area (Å²) in [6, 6.07) is 4.38. The molecule has 7 heteroatoms. The molecule has 1 rings (SSSR count). The van der Waals surface area contributed by atoms with Crippen molar-refractivity contribution >= 4 is 23.0 Å². The third-order valence-electron chi connectivity index (χ3n) is 1.95. The van der Waals surface area contributed by atoms with Crippen molar-refractivity contribution in [1.29, 1.82) is 0 Å². The van der Waals surface area contributed by atoms with Gasteiger partial charge in [0.05, 0.1) is 10.5 Å². The molecule has 17 heavy (non-hydrogen) atoms. The Hall–Kier alpha value is -2.44. The molecule has 90 valence electrons. The van der Waals surface area contributed by atoms with Crippen LogP contribution in [0.3, 0.4) is 0 Å². The summed E-state index contributed by atoms with van der Waals surface area (Å²) in [7, 11) is 0. The molecule has 0 unspecified atom stereocenters. The second-order valence-corrected chi connectivity index (χ2v) is 3.38. The first-order chi connectivity index (χ1) is 7.93. The number of amidine groups is 1. The topological polar surface area (TPSA) is 111 Å². The highest BCUT2D eigenvalue weighted by Crippen LogP contribution is 2.28. The number of rotatable bonds is 4. The fourth-order valence-electron chi connectivity index (χ4n) is 1.26. The monoisotopic (exact) mass is 236 g/mol. The summed E-state index contributed by atoms with van der Waals surface area (Å²) in [5.74, 6) is -0.152. The van der Waals surface area contributed by atoms with E-state index in [-0.39, 0.29) is 28.6 Å². The van der Waals surface area contributed by atoms with E-state index in [0.717, 1.165) is 0 Å². The van der Waals surface area contributed by atoms with E-state index in [1.165, 1.54) is 32.0 Å². The number of hydrogen-bond acceptors (Lipinski definition) is 5. The van der Waals surface area contributed by atoms with Gasteiger partial charge in [-0.15, -0.1) is 0 Å². The fraction of sp³-hybridized carbons (Fsp3) is 0.200. The van der Waals surface area contributed by atoms with Crippen LogP contribution in [0.4, 0.5) is 11.4 Å². The van der Waals surface area contributed by atoms with Crippen LogP contribution in [0.2, 0.25) is 0 Å². The molecule has 0 spiro atoms. The molecule has 0 atom stereocenters. The first kappa shape index (κ1) is 12.6. The molecule has 0 radical (unpaired) electrons. The van der Waals surface area contributed by atoms with E-state index in [1.54, 1.807) is 0 Å². The number of carbonyl (C=O) groups excluding carboxylic acids is 1. The summed E-state index contributed by atoms with van der Waals surface area (Å²) < 4.78 is 0. The van der Waals surface area contributed by atoms with Crippen LogP contribution in [0, 0.1) is 10.1 Å². The number of nitrogens with two attached hydrogens (primary N) is 1. The molecule has 0 fully saturated rings. The Morgan fingerprint density at radius 2 is 2.12 bits per heavy atom. The van der Waals surface area contributed by atoms with Crippen LogP contribution in [0.25, 0.3) is 0 Å². The Kier molecular flexibility index (Phi) is 3.76. The van der Waals surface area contributed by atoms with Crippen molar-refractivity contribution in [3.8, 4) is 0 Å². The maximum absolute atomic E-state index is 11.3. The summed E-state index contributed by atoms with van der Waals surface area (Å²) in [5.41, 5.74) is 7.64. The van der Waals surface area contributed by atoms with Crippen molar-refractivity contribution in [3.05, 3.63) is 33.9 Å². The van der Waals surface area contributed by atoms with Gasteiger partial charge in [0.25, 0.3) is 0 Å². The van der Waals surface area contributed by atoms with Crippen LogP contribution in [0.5, 0.6) is 0 Å². The van der Waals surface area contributed by atoms with Crippen molar-refractivity contribution in [1.82, 2.24) is 0 Å². The van der Waals surface area contributed by atoms with Gasteiger partial charge in [-0.3, -0.25) is 20.3 Å². The lowest BCUT2D eigenvalue weighted by Crippen LogP contribution is -2.09. The standard InChI is InChI=1S/C10H12N4O3/c1-6(15)8-4-3-5-9(10(8)14(16)17)13-12-7(2)11/h3-5,13H,1-2H3,(H2,11,12). The minimum atomic E-state index is -0.625. The Bertz CT molecular complexity index is 492. The number of nitrogens with zero attached hydrogens (tertiary/aromatic N) is 2. The molecule has 0 saturated heterocycles. The molecule has 1 aromatic carbocycles. The molecule has 0 bridgehead atoms. The smallest absolute Gasteiger partial charge is 0.304 e. The molecule has 1 aromatic rings. The van der Waals surface area contributed by atoms with Crippen LogP contribution >= 0.6 is 0 Å². The Morgan fingerprint density at radius 3 is 2.59 bits per heavy atom. The largest absolute Gasteiger partial charge is 0.386 e. The minimum Gasteiger partial charge on any atom is -0.386 e. The summed E-state index contributed by atoms with van der Waals surface area (Å²) in [6.45, 7) is 2.80. The average molecular weight is 236 g/mol. The molecule has 0 saturated carbocycles. The van der Waals surface area contributed by atoms with Crippen molar-refractivity contribution in [2.75, 3.05) is 5.43 Å². The summed E-state index contributed by atoms with van der Waals surface area (Å²) in [5, 5.41) is 14.6. The van der Waals surface area contributed by atoms with Gasteiger partial charge in [0, 0.05) is 0 Å². The first-order valence-electron chi connectivity index (χ1n) is 4.77. The normalized spacial score (nSPS) is 11.1. The maximum atomic E-state index is 11.3. The van der Waals surface area contributed by atoms with Gasteiger partial charge in [0.15, 0.2) is 5.78 Å². The van der Waals surface area contributed by atoms with E-state index in [0.29, 0.717) is 0 Å². The van der Waals surface area contributed by atoms with Crippen molar-refractivity contribution < 1.29 is 9.72 Å². The minimum absolute atomic E-state index is 0.0323. The molecule has 0 aliphatic rings. The van der Waals surface area contributed by atoms with E-state index in [4.69, 9.17) is 5.73 Å². The Balaban J connectivity index is 3.30. The van der Waals surface area contributed by atoms with Crippen LogP contribution in [-0.4, -0.2) is 16.5 Å². The molecule has 0 heterocycles. The highest BCUT2D eigenvalue weighted by atomic mass is 16.6. The molecule has 7 nitrogen and oxygen atoms in total. The van der Waals surface area contributed by atoms with Gasteiger partial charge in [0.2, 0.25) is 0 Å². The maximum Gasteiger partial charge on any atom is 0.304 e. The number of Topliss-reactive ketones (excluding diaryl/α,β-unsaturated/α-hetero) is 1. The van der Waals surface area contributed by atoms with Gasteiger partial charge < -0.3 is 5.73 Å². The molecular formula is C10H12N4O3. The lowest BCUT2D eigenvalue weighted by molar-refractivity contribution is -0.384. The number of carbonyl (C=O) groups is 1. The number of nitro benzene ring substituents is 1. The van der Waals surface area contributed by atoms with E-state index >= 15 is 0 Å². The SMILES string of the molecule is CC(=O)c1cccc(N/N=C(/C)N)c1[N+](=O)[O-]. The molecule has 0 aromatic heterocycles. The molecule has 0 aliphatic heterocycles. The summed E-state index contributed by atoms with van der Waals surface area (Å²) in [6.07, 6.45) is 0. The average Bonchev–Trinajstić information content (AvgIpc) is 2.25. The van der Waals surface area contributed by atoms with Crippen molar-refractivity contribution in [2.45, 2.75) is 13.8 Å². The second-order valence-electron chi connectivity index (χ2n) is 3.38. The predicted octanol–water partition coefficient (Wildman–Crippen LogP) is 1.50. The predicted molar refractivity (Wildman–Crippen MR) is 64.0 cm³/mol. The number of hydrazone groups is 1. The highest BCUT2D eigenvalue weighted by molar-refractivity contribution is 6.00. The number of hydrogen-bond donors (Lipinski definition) is 2. The van der Waals surface area contributed by atoms with Gasteiger partial charge in [-0.2, -0.15) is 5.10 Å². The lowest BCUT2D eigenvalue weighted by atomic mass is 10.1. The van der Waals surface area contributed by atoms with Crippen LogP contribution in [0.1, 0.15) is 24.2 Å². The van der Waals surface area contributed by atoms with E-state index in [9.17, 15) is 14.9 Å². The first-order valence-corrected chi connectivity index (χ1v) is 4.77. The number of nitro groups is 1. The van der Waals surface area contributed by atoms with Crippen LogP contribution < -0.4 is 11.2 Å². The number of ketones is 1. The van der Waals surface area contributed by atoms with Gasteiger partial charge >= 0.3 is 5.69 Å². The molecular weight excluding hydrogens is 224 g/mol. The van der Waals surface area contributed by atoms with Crippen LogP contribution in [-0.2, 0) is 0 Å². The van der Waals surface area contributed by atoms with Crippen molar-refractivity contribution in [2.24, 2.45) is 10.8 Å². The molecule has 3 N–H and O–H groups in total. The Morgan fingerprint density at radius 1 is 1.47 bits per heavy atom. The van der Waals surface area contributed by atoms with Crippen LogP contribution in [0.15, 0.2) is 23.3 Å². The zero-order valence-electron chi connectivity index (χ0n) is 9.43. The zero-order valence-corrected chi connectivity index (χ0v) is 9.43. The quantitative estimate of drug-likeness (QED) is 0.270. The third kappa shape index (κ3) is 3.00. The lowest BCUT2D eigenvalue weighted by Gasteiger charge is -2.05. The number of para-hydroxylation sites is 1. The zero-order chi connectivity index (χ0) is 13.0. The van der Waals surface area contributed by atoms with Crippen molar-refractivity contribution in [3.63, 3.8) is 0 Å². The fourth-order valence-corrected chi connectivity index (χ4v) is 1.26. The second kappa shape index (κ2) is 5.06.